The summed E-state index contributed by atoms with van der Waals surface area (Å²) in [7, 11) is 1.75. The average Bonchev–Trinajstić information content (AvgIpc) is 3.08. The number of carbonyl (C=O) groups excluding carboxylic acids is 1. The van der Waals surface area contributed by atoms with Crippen molar-refractivity contribution in [3.05, 3.63) is 81.1 Å². The van der Waals surface area contributed by atoms with Gasteiger partial charge in [0.05, 0.1) is 28.5 Å². The lowest BCUT2D eigenvalue weighted by Gasteiger charge is -2.18. The zero-order valence-electron chi connectivity index (χ0n) is 16.7. The van der Waals surface area contributed by atoms with Gasteiger partial charge in [-0.25, -0.2) is 0 Å². The molecular formula is C22H23Cl2N3O2. The fraction of sp³-hybridized carbons (Fsp3) is 0.273. The molecule has 0 unspecified atom stereocenters. The lowest BCUT2D eigenvalue weighted by molar-refractivity contribution is 0.0781. The number of halogens is 2. The van der Waals surface area contributed by atoms with Gasteiger partial charge < -0.3 is 9.64 Å². The van der Waals surface area contributed by atoms with Crippen LogP contribution in [0.2, 0.25) is 10.0 Å². The predicted octanol–water partition coefficient (Wildman–Crippen LogP) is 5.37. The number of rotatable bonds is 7. The first-order valence-corrected chi connectivity index (χ1v) is 10.1. The number of carbonyl (C=O) groups is 1. The van der Waals surface area contributed by atoms with Gasteiger partial charge in [0.1, 0.15) is 12.4 Å². The van der Waals surface area contributed by atoms with E-state index in [9.17, 15) is 4.79 Å². The van der Waals surface area contributed by atoms with Crippen LogP contribution in [0, 0.1) is 6.92 Å². The summed E-state index contributed by atoms with van der Waals surface area (Å²) in [5, 5.41) is 5.35. The maximum absolute atomic E-state index is 12.8. The molecule has 1 heterocycles. The van der Waals surface area contributed by atoms with E-state index in [0.717, 1.165) is 16.8 Å². The molecule has 0 bridgehead atoms. The molecule has 5 nitrogen and oxygen atoms in total. The third kappa shape index (κ3) is 5.11. The normalized spacial score (nSPS) is 10.8. The highest BCUT2D eigenvalue weighted by atomic mass is 35.5. The van der Waals surface area contributed by atoms with Crippen LogP contribution in [0.4, 0.5) is 0 Å². The monoisotopic (exact) mass is 431 g/mol. The SMILES string of the molecule is CCn1ncc(Cl)c1CN(C)C(=O)c1ccc(COc2cc(C)ccc2Cl)cc1. The molecule has 0 saturated carbocycles. The topological polar surface area (TPSA) is 47.4 Å². The lowest BCUT2D eigenvalue weighted by atomic mass is 10.1. The van der Waals surface area contributed by atoms with Gasteiger partial charge in [-0.3, -0.25) is 9.48 Å². The number of hydrogen-bond donors (Lipinski definition) is 0. The molecule has 0 spiro atoms. The molecule has 152 valence electrons. The molecule has 29 heavy (non-hydrogen) atoms. The van der Waals surface area contributed by atoms with Crippen LogP contribution in [0.15, 0.2) is 48.7 Å². The standard InChI is InChI=1S/C22H23Cl2N3O2/c1-4-27-20(19(24)12-25-27)13-26(3)22(28)17-8-6-16(7-9-17)14-29-21-11-15(2)5-10-18(21)23/h5-12H,4,13-14H2,1-3H3. The highest BCUT2D eigenvalue weighted by Crippen LogP contribution is 2.26. The van der Waals surface area contributed by atoms with Crippen LogP contribution < -0.4 is 4.74 Å². The fourth-order valence-electron chi connectivity index (χ4n) is 2.96. The van der Waals surface area contributed by atoms with Crippen molar-refractivity contribution in [1.82, 2.24) is 14.7 Å². The molecule has 2 aromatic carbocycles. The summed E-state index contributed by atoms with van der Waals surface area (Å²) in [6, 6.07) is 13.0. The van der Waals surface area contributed by atoms with E-state index in [1.54, 1.807) is 35.0 Å². The third-order valence-corrected chi connectivity index (χ3v) is 5.24. The molecule has 1 amide bonds. The zero-order valence-corrected chi connectivity index (χ0v) is 18.2. The van der Waals surface area contributed by atoms with Crippen molar-refractivity contribution in [3.8, 4) is 5.75 Å². The van der Waals surface area contributed by atoms with Gasteiger partial charge in [-0.2, -0.15) is 5.10 Å². The summed E-state index contributed by atoms with van der Waals surface area (Å²) in [6.07, 6.45) is 1.61. The summed E-state index contributed by atoms with van der Waals surface area (Å²) < 4.78 is 7.60. The van der Waals surface area contributed by atoms with Crippen LogP contribution >= 0.6 is 23.2 Å². The molecule has 3 rings (SSSR count). The van der Waals surface area contributed by atoms with Crippen LogP contribution in [0.25, 0.3) is 0 Å². The Morgan fingerprint density at radius 3 is 2.55 bits per heavy atom. The van der Waals surface area contributed by atoms with E-state index in [0.29, 0.717) is 41.1 Å². The van der Waals surface area contributed by atoms with Crippen LogP contribution in [-0.2, 0) is 19.7 Å². The molecule has 0 aliphatic heterocycles. The molecule has 1 aromatic heterocycles. The minimum Gasteiger partial charge on any atom is -0.487 e. The molecular weight excluding hydrogens is 409 g/mol. The quantitative estimate of drug-likeness (QED) is 0.504. The van der Waals surface area contributed by atoms with E-state index in [4.69, 9.17) is 27.9 Å². The van der Waals surface area contributed by atoms with Gasteiger partial charge in [0.2, 0.25) is 0 Å². The van der Waals surface area contributed by atoms with Crippen molar-refractivity contribution < 1.29 is 9.53 Å². The molecule has 0 fully saturated rings. The number of nitrogens with zero attached hydrogens (tertiary/aromatic N) is 3. The third-order valence-electron chi connectivity index (χ3n) is 4.61. The van der Waals surface area contributed by atoms with Crippen molar-refractivity contribution >= 4 is 29.1 Å². The summed E-state index contributed by atoms with van der Waals surface area (Å²) in [5.74, 6) is 0.565. The maximum atomic E-state index is 12.8. The summed E-state index contributed by atoms with van der Waals surface area (Å²) in [5.41, 5.74) is 3.46. The number of ether oxygens (including phenoxy) is 1. The van der Waals surface area contributed by atoms with Gasteiger partial charge in [-0.05, 0) is 49.2 Å². The van der Waals surface area contributed by atoms with Crippen LogP contribution in [0.5, 0.6) is 5.75 Å². The number of aromatic nitrogens is 2. The second-order valence-corrected chi connectivity index (χ2v) is 7.65. The number of amides is 1. The Hall–Kier alpha value is -2.50. The fourth-order valence-corrected chi connectivity index (χ4v) is 3.33. The lowest BCUT2D eigenvalue weighted by Crippen LogP contribution is -2.27. The van der Waals surface area contributed by atoms with Gasteiger partial charge in [0, 0.05) is 19.2 Å². The van der Waals surface area contributed by atoms with E-state index < -0.39 is 0 Å². The van der Waals surface area contributed by atoms with E-state index in [1.807, 2.05) is 44.2 Å². The second kappa shape index (κ2) is 9.33. The van der Waals surface area contributed by atoms with Crippen LogP contribution in [-0.4, -0.2) is 27.6 Å². The van der Waals surface area contributed by atoms with Crippen molar-refractivity contribution in [2.24, 2.45) is 0 Å². The van der Waals surface area contributed by atoms with Gasteiger partial charge in [-0.15, -0.1) is 0 Å². The minimum atomic E-state index is -0.0842. The first kappa shape index (κ1) is 21.2. The van der Waals surface area contributed by atoms with Gasteiger partial charge in [0.25, 0.3) is 5.91 Å². The van der Waals surface area contributed by atoms with Crippen LogP contribution in [0.3, 0.4) is 0 Å². The molecule has 0 aliphatic rings. The number of aryl methyl sites for hydroxylation is 2. The second-order valence-electron chi connectivity index (χ2n) is 6.84. The van der Waals surface area contributed by atoms with E-state index >= 15 is 0 Å². The molecule has 0 aliphatic carbocycles. The van der Waals surface area contributed by atoms with Crippen LogP contribution in [0.1, 0.15) is 34.1 Å². The summed E-state index contributed by atoms with van der Waals surface area (Å²) in [6.45, 7) is 5.44. The molecule has 3 aromatic rings. The minimum absolute atomic E-state index is 0.0842. The molecule has 7 heteroatoms. The Kier molecular flexibility index (Phi) is 6.83. The maximum Gasteiger partial charge on any atom is 0.253 e. The number of hydrogen-bond acceptors (Lipinski definition) is 3. The van der Waals surface area contributed by atoms with Gasteiger partial charge in [0.15, 0.2) is 0 Å². The summed E-state index contributed by atoms with van der Waals surface area (Å²) in [4.78, 5) is 14.4. The summed E-state index contributed by atoms with van der Waals surface area (Å²) >= 11 is 12.4. The molecule has 0 saturated heterocycles. The first-order valence-electron chi connectivity index (χ1n) is 9.32. The van der Waals surface area contributed by atoms with E-state index in [1.165, 1.54) is 0 Å². The first-order chi connectivity index (χ1) is 13.9. The van der Waals surface area contributed by atoms with Crippen molar-refractivity contribution in [1.29, 1.82) is 0 Å². The highest BCUT2D eigenvalue weighted by Gasteiger charge is 2.16. The predicted molar refractivity (Wildman–Crippen MR) is 116 cm³/mol. The Balaban J connectivity index is 1.63. The average molecular weight is 432 g/mol. The molecule has 0 radical (unpaired) electrons. The zero-order chi connectivity index (χ0) is 21.0. The van der Waals surface area contributed by atoms with Gasteiger partial charge >= 0.3 is 0 Å². The van der Waals surface area contributed by atoms with Crippen molar-refractivity contribution in [2.75, 3.05) is 7.05 Å². The Morgan fingerprint density at radius 2 is 1.86 bits per heavy atom. The smallest absolute Gasteiger partial charge is 0.253 e. The Morgan fingerprint density at radius 1 is 1.14 bits per heavy atom. The van der Waals surface area contributed by atoms with E-state index in [-0.39, 0.29) is 5.91 Å². The van der Waals surface area contributed by atoms with E-state index in [2.05, 4.69) is 5.10 Å². The Bertz CT molecular complexity index is 1000. The largest absolute Gasteiger partial charge is 0.487 e. The number of benzene rings is 2. The van der Waals surface area contributed by atoms with Crippen molar-refractivity contribution in [2.45, 2.75) is 33.5 Å². The van der Waals surface area contributed by atoms with Gasteiger partial charge in [-0.1, -0.05) is 41.4 Å². The molecule has 0 atom stereocenters. The Labute approximate surface area is 180 Å². The molecule has 0 N–H and O–H groups in total. The highest BCUT2D eigenvalue weighted by molar-refractivity contribution is 6.32. The van der Waals surface area contributed by atoms with Crippen molar-refractivity contribution in [3.63, 3.8) is 0 Å².